The summed E-state index contributed by atoms with van der Waals surface area (Å²) in [6, 6.07) is 3.69. The van der Waals surface area contributed by atoms with Crippen LogP contribution < -0.4 is 27.0 Å². The highest BCUT2D eigenvalue weighted by Gasteiger charge is 2.27. The van der Waals surface area contributed by atoms with Crippen molar-refractivity contribution in [2.75, 3.05) is 30.8 Å². The van der Waals surface area contributed by atoms with E-state index in [0.29, 0.717) is 50.9 Å². The molecule has 0 aromatic heterocycles. The summed E-state index contributed by atoms with van der Waals surface area (Å²) in [5, 5.41) is 18.6. The van der Waals surface area contributed by atoms with E-state index in [1.807, 2.05) is 0 Å². The second-order valence-corrected chi connectivity index (χ2v) is 8.71. The number of likely N-dealkylation sites (tertiary alicyclic amines) is 1. The third-order valence-corrected chi connectivity index (χ3v) is 6.17. The minimum absolute atomic E-state index is 0.0251. The lowest BCUT2D eigenvalue weighted by atomic mass is 10.0. The molecule has 0 radical (unpaired) electrons. The van der Waals surface area contributed by atoms with Crippen LogP contribution in [0, 0.1) is 5.41 Å². The Morgan fingerprint density at radius 3 is 2.57 bits per heavy atom. The molecule has 1 saturated heterocycles. The average Bonchev–Trinajstić information content (AvgIpc) is 2.82. The molecule has 190 valence electrons. The quantitative estimate of drug-likeness (QED) is 0.275. The second-order valence-electron chi connectivity index (χ2n) is 8.71. The van der Waals surface area contributed by atoms with E-state index in [-0.39, 0.29) is 41.5 Å². The summed E-state index contributed by atoms with van der Waals surface area (Å²) < 4.78 is 4.59. The van der Waals surface area contributed by atoms with E-state index in [4.69, 9.17) is 11.1 Å². The van der Waals surface area contributed by atoms with Gasteiger partial charge in [0.2, 0.25) is 11.8 Å². The summed E-state index contributed by atoms with van der Waals surface area (Å²) in [6.45, 7) is 1.18. The van der Waals surface area contributed by atoms with Gasteiger partial charge < -0.3 is 31.3 Å². The molecule has 2 aliphatic rings. The Hall–Kier alpha value is -3.83. The summed E-state index contributed by atoms with van der Waals surface area (Å²) in [5.74, 6) is -0.971. The van der Waals surface area contributed by atoms with E-state index in [1.54, 1.807) is 4.90 Å². The van der Waals surface area contributed by atoms with Crippen molar-refractivity contribution in [2.45, 2.75) is 57.0 Å². The lowest BCUT2D eigenvalue weighted by Gasteiger charge is -2.33. The number of nitrogens with zero attached hydrogens (tertiary/aromatic N) is 1. The fraction of sp³-hybridized carbons (Fsp3) is 0.522. The van der Waals surface area contributed by atoms with Gasteiger partial charge in [0.25, 0.3) is 5.91 Å². The van der Waals surface area contributed by atoms with Crippen LogP contribution in [-0.4, -0.2) is 67.0 Å². The number of guanidine groups is 1. The number of amides is 4. The number of nitrogens with one attached hydrogen (secondary N) is 5. The van der Waals surface area contributed by atoms with Crippen molar-refractivity contribution in [3.63, 3.8) is 0 Å². The van der Waals surface area contributed by atoms with Crippen LogP contribution in [0.2, 0.25) is 0 Å². The highest BCUT2D eigenvalue weighted by Crippen LogP contribution is 2.23. The van der Waals surface area contributed by atoms with Gasteiger partial charge in [-0.25, -0.2) is 4.79 Å². The normalized spacial score (nSPS) is 19.7. The molecule has 1 aromatic rings. The van der Waals surface area contributed by atoms with Crippen LogP contribution in [0.5, 0.6) is 0 Å². The first-order valence-electron chi connectivity index (χ1n) is 11.8. The molecule has 3 rings (SSSR count). The van der Waals surface area contributed by atoms with E-state index in [0.717, 1.165) is 6.42 Å². The molecular weight excluding hydrogens is 454 g/mol. The number of carbonyl (C=O) groups is 4. The number of hydrogen-bond donors (Lipinski definition) is 6. The molecular formula is C23H33N7O5. The van der Waals surface area contributed by atoms with Crippen molar-refractivity contribution in [3.05, 3.63) is 23.8 Å². The maximum atomic E-state index is 13.1. The third kappa shape index (κ3) is 7.33. The van der Waals surface area contributed by atoms with Crippen LogP contribution in [0.3, 0.4) is 0 Å². The fourth-order valence-corrected chi connectivity index (χ4v) is 4.19. The van der Waals surface area contributed by atoms with E-state index in [2.05, 4.69) is 26.0 Å². The zero-order chi connectivity index (χ0) is 25.4. The van der Waals surface area contributed by atoms with Gasteiger partial charge in [0.1, 0.15) is 6.04 Å². The molecule has 12 heteroatoms. The molecule has 1 atom stereocenters. The number of methoxy groups -OCH3 is 1. The number of anilines is 2. The highest BCUT2D eigenvalue weighted by atomic mass is 16.5. The Morgan fingerprint density at radius 1 is 1.14 bits per heavy atom. The summed E-state index contributed by atoms with van der Waals surface area (Å²) >= 11 is 0. The zero-order valence-corrected chi connectivity index (χ0v) is 19.8. The minimum atomic E-state index is -0.732. The van der Waals surface area contributed by atoms with E-state index in [9.17, 15) is 19.2 Å². The number of carbonyl (C=O) groups excluding carboxylic acids is 4. The van der Waals surface area contributed by atoms with Crippen molar-refractivity contribution in [1.82, 2.24) is 15.5 Å². The highest BCUT2D eigenvalue weighted by molar-refractivity contribution is 6.06. The lowest BCUT2D eigenvalue weighted by molar-refractivity contribution is -0.124. The number of piperidine rings is 1. The van der Waals surface area contributed by atoms with Crippen LogP contribution >= 0.6 is 0 Å². The molecule has 2 aliphatic heterocycles. The average molecular weight is 488 g/mol. The fourth-order valence-electron chi connectivity index (χ4n) is 4.19. The predicted molar refractivity (Wildman–Crippen MR) is 130 cm³/mol. The molecule has 0 saturated carbocycles. The van der Waals surface area contributed by atoms with Crippen LogP contribution in [0.4, 0.5) is 16.2 Å². The summed E-state index contributed by atoms with van der Waals surface area (Å²) in [4.78, 5) is 51.9. The largest absolute Gasteiger partial charge is 0.453 e. The molecule has 12 nitrogen and oxygen atoms in total. The Balaban J connectivity index is 1.74. The summed E-state index contributed by atoms with van der Waals surface area (Å²) in [5.41, 5.74) is 6.30. The first-order chi connectivity index (χ1) is 16.8. The molecule has 2 heterocycles. The van der Waals surface area contributed by atoms with Crippen molar-refractivity contribution in [3.8, 4) is 0 Å². The van der Waals surface area contributed by atoms with Gasteiger partial charge in [0.15, 0.2) is 5.96 Å². The number of ether oxygens (including phenoxy) is 1. The molecule has 1 unspecified atom stereocenters. The standard InChI is InChI=1S/C23H33N7O5/c1-35-23(34)27-15-7-8-16-18(13-15)28-19(31)6-4-2-3-5-17(29-20(16)32)21(33)26-14-9-11-30(12-10-14)22(24)25/h7-8,13-14,17H,2-6,9-12H2,1H3,(H3,24,25)(H,26,33)(H,27,34)(H,28,31)(H,29,32). The van der Waals surface area contributed by atoms with Gasteiger partial charge in [-0.15, -0.1) is 0 Å². The van der Waals surface area contributed by atoms with Gasteiger partial charge in [-0.2, -0.15) is 0 Å². The first-order valence-corrected chi connectivity index (χ1v) is 11.8. The van der Waals surface area contributed by atoms with E-state index >= 15 is 0 Å². The van der Waals surface area contributed by atoms with Crippen molar-refractivity contribution in [1.29, 1.82) is 5.41 Å². The smallest absolute Gasteiger partial charge is 0.411 e. The molecule has 0 bridgehead atoms. The summed E-state index contributed by atoms with van der Waals surface area (Å²) in [7, 11) is 1.23. The molecule has 35 heavy (non-hydrogen) atoms. The van der Waals surface area contributed by atoms with Gasteiger partial charge in [0.05, 0.1) is 18.4 Å². The molecule has 4 amide bonds. The van der Waals surface area contributed by atoms with Crippen LogP contribution in [0.15, 0.2) is 18.2 Å². The molecule has 0 aliphatic carbocycles. The van der Waals surface area contributed by atoms with Crippen LogP contribution in [0.1, 0.15) is 55.3 Å². The molecule has 1 aromatic carbocycles. The predicted octanol–water partition coefficient (Wildman–Crippen LogP) is 1.34. The van der Waals surface area contributed by atoms with E-state index < -0.39 is 18.0 Å². The Morgan fingerprint density at radius 2 is 1.89 bits per heavy atom. The minimum Gasteiger partial charge on any atom is -0.453 e. The van der Waals surface area contributed by atoms with Crippen molar-refractivity contribution in [2.24, 2.45) is 5.73 Å². The lowest BCUT2D eigenvalue weighted by Crippen LogP contribution is -2.53. The monoisotopic (exact) mass is 487 g/mol. The molecule has 0 spiro atoms. The van der Waals surface area contributed by atoms with E-state index in [1.165, 1.54) is 25.3 Å². The molecule has 7 N–H and O–H groups in total. The number of hydrogen-bond acceptors (Lipinski definition) is 6. The number of rotatable bonds is 3. The zero-order valence-electron chi connectivity index (χ0n) is 19.8. The second kappa shape index (κ2) is 12.0. The topological polar surface area (TPSA) is 179 Å². The number of benzene rings is 1. The van der Waals surface area contributed by atoms with Gasteiger partial charge in [-0.3, -0.25) is 25.1 Å². The van der Waals surface area contributed by atoms with Gasteiger partial charge in [-0.1, -0.05) is 12.8 Å². The SMILES string of the molecule is COC(=O)Nc1ccc2c(c1)NC(=O)CCCCCC(C(=O)NC1CCN(C(=N)N)CC1)NC2=O. The van der Waals surface area contributed by atoms with Crippen molar-refractivity contribution >= 4 is 41.1 Å². The number of nitrogens with two attached hydrogens (primary N) is 1. The Kier molecular flexibility index (Phi) is 8.87. The van der Waals surface area contributed by atoms with Gasteiger partial charge >= 0.3 is 6.09 Å². The van der Waals surface area contributed by atoms with Gasteiger partial charge in [0, 0.05) is 31.2 Å². The maximum Gasteiger partial charge on any atom is 0.411 e. The Labute approximate surface area is 203 Å². The van der Waals surface area contributed by atoms with Crippen LogP contribution in [-0.2, 0) is 14.3 Å². The Bertz CT molecular complexity index is 975. The third-order valence-electron chi connectivity index (χ3n) is 6.17. The maximum absolute atomic E-state index is 13.1. The van der Waals surface area contributed by atoms with Crippen molar-refractivity contribution < 1.29 is 23.9 Å². The summed E-state index contributed by atoms with van der Waals surface area (Å²) in [6.07, 6.45) is 3.44. The van der Waals surface area contributed by atoms with Gasteiger partial charge in [-0.05, 0) is 43.9 Å². The first kappa shape index (κ1) is 25.8. The molecule has 1 fully saturated rings. The number of fused-ring (bicyclic) bond motifs is 1. The van der Waals surface area contributed by atoms with Crippen LogP contribution in [0.25, 0.3) is 0 Å².